The molecule has 1 heterocycles. The number of nitrogens with two attached hydrogens (primary N) is 1. The SMILES string of the molecule is CCCS(O)(O)Nc1ccc(F)c(C(=O)Nc2cnc(N)c(C(=N)c3ccccc3)c2)c1F. The van der Waals surface area contributed by atoms with Gasteiger partial charge >= 0.3 is 0 Å². The van der Waals surface area contributed by atoms with Crippen molar-refractivity contribution in [2.24, 2.45) is 0 Å². The molecule has 33 heavy (non-hydrogen) atoms. The Kier molecular flexibility index (Phi) is 7.26. The van der Waals surface area contributed by atoms with E-state index in [0.717, 1.165) is 12.1 Å². The lowest BCUT2D eigenvalue weighted by Gasteiger charge is -2.33. The highest BCUT2D eigenvalue weighted by molar-refractivity contribution is 8.25. The molecule has 0 unspecified atom stereocenters. The normalized spacial score (nSPS) is 11.7. The molecule has 0 saturated heterocycles. The molecule has 0 aliphatic heterocycles. The van der Waals surface area contributed by atoms with Gasteiger partial charge in [0.1, 0.15) is 17.2 Å². The van der Waals surface area contributed by atoms with Crippen LogP contribution in [0.2, 0.25) is 0 Å². The molecule has 2 aromatic carbocycles. The van der Waals surface area contributed by atoms with Gasteiger partial charge in [0.2, 0.25) is 0 Å². The molecule has 3 aromatic rings. The Morgan fingerprint density at radius 3 is 2.55 bits per heavy atom. The molecule has 0 spiro atoms. The lowest BCUT2D eigenvalue weighted by molar-refractivity contribution is 0.101. The van der Waals surface area contributed by atoms with Gasteiger partial charge in [0, 0.05) is 11.1 Å². The van der Waals surface area contributed by atoms with Gasteiger partial charge in [0.05, 0.1) is 29.0 Å². The van der Waals surface area contributed by atoms with Crippen LogP contribution in [0.25, 0.3) is 0 Å². The Morgan fingerprint density at radius 1 is 1.18 bits per heavy atom. The van der Waals surface area contributed by atoms with Crippen molar-refractivity contribution in [2.45, 2.75) is 13.3 Å². The van der Waals surface area contributed by atoms with Crippen LogP contribution in [0.5, 0.6) is 0 Å². The summed E-state index contributed by atoms with van der Waals surface area (Å²) in [6.45, 7) is 1.71. The van der Waals surface area contributed by atoms with Gasteiger partial charge in [-0.25, -0.2) is 13.8 Å². The summed E-state index contributed by atoms with van der Waals surface area (Å²) < 4.78 is 51.4. The fraction of sp³-hybridized carbons (Fsp3) is 0.136. The van der Waals surface area contributed by atoms with Crippen LogP contribution in [-0.2, 0) is 0 Å². The number of aromatic nitrogens is 1. The van der Waals surface area contributed by atoms with Gasteiger partial charge in [-0.15, -0.1) is 10.8 Å². The predicted octanol–water partition coefficient (Wildman–Crippen LogP) is 5.10. The second-order valence-electron chi connectivity index (χ2n) is 7.11. The maximum absolute atomic E-state index is 14.9. The monoisotopic (exact) mass is 475 g/mol. The molecule has 3 rings (SSSR count). The van der Waals surface area contributed by atoms with Crippen LogP contribution in [0, 0.1) is 17.0 Å². The zero-order valence-corrected chi connectivity index (χ0v) is 18.4. The van der Waals surface area contributed by atoms with E-state index in [-0.39, 0.29) is 28.5 Å². The second-order valence-corrected chi connectivity index (χ2v) is 9.05. The van der Waals surface area contributed by atoms with Gasteiger partial charge in [0.25, 0.3) is 5.91 Å². The summed E-state index contributed by atoms with van der Waals surface area (Å²) in [6.07, 6.45) is 1.61. The van der Waals surface area contributed by atoms with Crippen molar-refractivity contribution >= 4 is 39.6 Å². The molecular formula is C22H23F2N5O3S. The number of nitrogens with zero attached hydrogens (tertiary/aromatic N) is 1. The van der Waals surface area contributed by atoms with Crippen molar-refractivity contribution in [3.05, 3.63) is 83.1 Å². The van der Waals surface area contributed by atoms with Crippen molar-refractivity contribution in [1.82, 2.24) is 4.98 Å². The lowest BCUT2D eigenvalue weighted by atomic mass is 10.0. The third-order valence-corrected chi connectivity index (χ3v) is 6.11. The van der Waals surface area contributed by atoms with Gasteiger partial charge in [-0.1, -0.05) is 37.3 Å². The summed E-state index contributed by atoms with van der Waals surface area (Å²) in [5.41, 5.74) is 5.47. The number of carbonyl (C=O) groups excluding carboxylic acids is 1. The number of pyridine rings is 1. The highest BCUT2D eigenvalue weighted by Crippen LogP contribution is 2.40. The standard InChI is InChI=1S/C22H23F2N5O3S/c1-2-10-33(31,32)29-17-9-8-16(23)18(19(17)24)22(30)28-14-11-15(21(26)27-12-14)20(25)13-6-4-3-5-7-13/h3-9,11-12,25,29,31-32H,2,10H2,1H3,(H2,26,27)(H,28,30). The number of nitrogen functional groups attached to an aromatic ring is 1. The molecule has 11 heteroatoms. The molecule has 1 amide bonds. The number of benzene rings is 2. The average molecular weight is 476 g/mol. The number of nitrogens with one attached hydrogen (secondary N) is 3. The van der Waals surface area contributed by atoms with Crippen LogP contribution in [0.1, 0.15) is 34.8 Å². The first kappa shape index (κ1) is 24.1. The van der Waals surface area contributed by atoms with Gasteiger partial charge in [-0.05, 0) is 24.6 Å². The Bertz CT molecular complexity index is 1190. The third-order valence-electron chi connectivity index (χ3n) is 4.59. The van der Waals surface area contributed by atoms with Crippen molar-refractivity contribution in [3.8, 4) is 0 Å². The number of anilines is 3. The van der Waals surface area contributed by atoms with Gasteiger partial charge in [-0.3, -0.25) is 24.0 Å². The Labute approximate surface area is 190 Å². The summed E-state index contributed by atoms with van der Waals surface area (Å²) in [5, 5.41) is 10.7. The number of hydrogen-bond acceptors (Lipinski definition) is 7. The fourth-order valence-electron chi connectivity index (χ4n) is 3.05. The predicted molar refractivity (Wildman–Crippen MR) is 127 cm³/mol. The molecule has 174 valence electrons. The molecule has 0 aliphatic carbocycles. The van der Waals surface area contributed by atoms with Crippen molar-refractivity contribution in [3.63, 3.8) is 0 Å². The summed E-state index contributed by atoms with van der Waals surface area (Å²) >= 11 is 0. The van der Waals surface area contributed by atoms with E-state index in [4.69, 9.17) is 11.1 Å². The molecule has 0 radical (unpaired) electrons. The van der Waals surface area contributed by atoms with E-state index in [1.165, 1.54) is 12.3 Å². The molecule has 7 N–H and O–H groups in total. The maximum Gasteiger partial charge on any atom is 0.261 e. The highest BCUT2D eigenvalue weighted by Gasteiger charge is 2.23. The van der Waals surface area contributed by atoms with E-state index in [0.29, 0.717) is 12.0 Å². The number of carbonyl (C=O) groups is 1. The van der Waals surface area contributed by atoms with Crippen LogP contribution in [-0.4, -0.2) is 31.5 Å². The zero-order chi connectivity index (χ0) is 24.2. The topological polar surface area (TPSA) is 144 Å². The first-order valence-corrected chi connectivity index (χ1v) is 11.6. The molecule has 0 saturated carbocycles. The minimum absolute atomic E-state index is 0.0431. The Hall–Kier alpha value is -3.54. The van der Waals surface area contributed by atoms with E-state index in [2.05, 4.69) is 15.0 Å². The van der Waals surface area contributed by atoms with E-state index >= 15 is 0 Å². The summed E-state index contributed by atoms with van der Waals surface area (Å²) in [6, 6.07) is 11.9. The Balaban J connectivity index is 1.89. The lowest BCUT2D eigenvalue weighted by Crippen LogP contribution is -2.19. The maximum atomic E-state index is 14.9. The van der Waals surface area contributed by atoms with Crippen molar-refractivity contribution in [1.29, 1.82) is 5.41 Å². The average Bonchev–Trinajstić information content (AvgIpc) is 2.77. The largest absolute Gasteiger partial charge is 0.383 e. The summed E-state index contributed by atoms with van der Waals surface area (Å²) in [4.78, 5) is 16.6. The molecule has 0 bridgehead atoms. The minimum atomic E-state index is -3.36. The van der Waals surface area contributed by atoms with E-state index in [9.17, 15) is 22.7 Å². The summed E-state index contributed by atoms with van der Waals surface area (Å²) in [7, 11) is -3.36. The molecule has 8 nitrogen and oxygen atoms in total. The van der Waals surface area contributed by atoms with Crippen LogP contribution in [0.15, 0.2) is 54.7 Å². The number of amides is 1. The minimum Gasteiger partial charge on any atom is -0.383 e. The van der Waals surface area contributed by atoms with Gasteiger partial charge in [0.15, 0.2) is 5.82 Å². The first-order valence-electron chi connectivity index (χ1n) is 9.86. The van der Waals surface area contributed by atoms with Crippen LogP contribution in [0.4, 0.5) is 26.0 Å². The first-order chi connectivity index (χ1) is 15.6. The van der Waals surface area contributed by atoms with E-state index < -0.39 is 39.6 Å². The third kappa shape index (κ3) is 5.64. The second kappa shape index (κ2) is 9.94. The highest BCUT2D eigenvalue weighted by atomic mass is 32.3. The zero-order valence-electron chi connectivity index (χ0n) is 17.6. The van der Waals surface area contributed by atoms with E-state index in [1.54, 1.807) is 37.3 Å². The smallest absolute Gasteiger partial charge is 0.261 e. The van der Waals surface area contributed by atoms with Crippen molar-refractivity contribution < 1.29 is 22.7 Å². The number of halogens is 2. The molecule has 0 fully saturated rings. The fourth-order valence-corrected chi connectivity index (χ4v) is 4.23. The van der Waals surface area contributed by atoms with Crippen molar-refractivity contribution in [2.75, 3.05) is 21.5 Å². The van der Waals surface area contributed by atoms with Crippen LogP contribution >= 0.6 is 10.8 Å². The van der Waals surface area contributed by atoms with Crippen LogP contribution < -0.4 is 15.8 Å². The molecule has 0 aliphatic rings. The van der Waals surface area contributed by atoms with E-state index in [1.807, 2.05) is 0 Å². The van der Waals surface area contributed by atoms with Crippen LogP contribution in [0.3, 0.4) is 0 Å². The molecule has 0 atom stereocenters. The quantitative estimate of drug-likeness (QED) is 0.250. The van der Waals surface area contributed by atoms with Gasteiger partial charge < -0.3 is 11.1 Å². The molecular weight excluding hydrogens is 452 g/mol. The molecule has 1 aromatic heterocycles. The number of hydrogen-bond donors (Lipinski definition) is 6. The Morgan fingerprint density at radius 2 is 1.88 bits per heavy atom. The number of rotatable bonds is 8. The van der Waals surface area contributed by atoms with Gasteiger partial charge in [-0.2, -0.15) is 0 Å². The summed E-state index contributed by atoms with van der Waals surface area (Å²) in [5.74, 6) is -3.53.